The number of para-hydroxylation sites is 3. The van der Waals surface area contributed by atoms with Gasteiger partial charge in [0.25, 0.3) is 0 Å². The lowest BCUT2D eigenvalue weighted by Gasteiger charge is -2.13. The van der Waals surface area contributed by atoms with E-state index >= 15 is 0 Å². The highest BCUT2D eigenvalue weighted by Crippen LogP contribution is 2.40. The minimum Gasteiger partial charge on any atom is -0.309 e. The van der Waals surface area contributed by atoms with Crippen LogP contribution >= 0.6 is 0 Å². The molecule has 69 heavy (non-hydrogen) atoms. The summed E-state index contributed by atoms with van der Waals surface area (Å²) in [5, 5.41) is 5.94. The number of nitrogens with zero attached hydrogens (tertiary/aromatic N) is 5. The van der Waals surface area contributed by atoms with Crippen molar-refractivity contribution in [1.82, 2.24) is 23.7 Å². The van der Waals surface area contributed by atoms with Crippen LogP contribution in [0.2, 0.25) is 0 Å². The summed E-state index contributed by atoms with van der Waals surface area (Å²) in [6.45, 7) is 0. The van der Waals surface area contributed by atoms with E-state index in [1.54, 1.807) is 0 Å². The predicted octanol–water partition coefficient (Wildman–Crippen LogP) is 16.4. The molecular formula is C64H41N5. The molecule has 0 aliphatic rings. The van der Waals surface area contributed by atoms with Crippen LogP contribution in [0, 0.1) is 0 Å². The van der Waals surface area contributed by atoms with E-state index in [1.165, 1.54) is 32.6 Å². The number of hydrogen-bond donors (Lipinski definition) is 0. The molecule has 5 aromatic heterocycles. The van der Waals surface area contributed by atoms with E-state index in [1.807, 2.05) is 12.3 Å². The smallest absolute Gasteiger partial charge is 0.138 e. The van der Waals surface area contributed by atoms with Gasteiger partial charge in [0.2, 0.25) is 0 Å². The van der Waals surface area contributed by atoms with E-state index in [0.29, 0.717) is 0 Å². The zero-order chi connectivity index (χ0) is 45.4. The van der Waals surface area contributed by atoms with Crippen LogP contribution in [0.3, 0.4) is 0 Å². The molecule has 14 rings (SSSR count). The Balaban J connectivity index is 0.889. The normalized spacial score (nSPS) is 11.8. The van der Waals surface area contributed by atoms with Crippen molar-refractivity contribution in [1.29, 1.82) is 0 Å². The molecule has 9 aromatic carbocycles. The lowest BCUT2D eigenvalue weighted by molar-refractivity contribution is 1.08. The summed E-state index contributed by atoms with van der Waals surface area (Å²) in [7, 11) is 0. The first-order valence-electron chi connectivity index (χ1n) is 23.5. The van der Waals surface area contributed by atoms with Gasteiger partial charge in [-0.2, -0.15) is 0 Å². The second kappa shape index (κ2) is 15.7. The Morgan fingerprint density at radius 2 is 0.812 bits per heavy atom. The summed E-state index contributed by atoms with van der Waals surface area (Å²) in [5.74, 6) is 0.885. The van der Waals surface area contributed by atoms with Crippen LogP contribution in [0.5, 0.6) is 0 Å². The topological polar surface area (TPSA) is 40.6 Å². The molecule has 5 heterocycles. The van der Waals surface area contributed by atoms with Gasteiger partial charge in [-0.05, 0) is 124 Å². The molecule has 0 saturated carbocycles. The van der Waals surface area contributed by atoms with Crippen molar-refractivity contribution >= 4 is 65.5 Å². The molecule has 0 aliphatic heterocycles. The maximum absolute atomic E-state index is 5.39. The summed E-state index contributed by atoms with van der Waals surface area (Å²) in [6.07, 6.45) is 1.89. The number of aromatic nitrogens is 5. The lowest BCUT2D eigenvalue weighted by Crippen LogP contribution is -2.00. The molecule has 0 bridgehead atoms. The Morgan fingerprint density at radius 3 is 1.59 bits per heavy atom. The Bertz CT molecular complexity index is 4240. The minimum atomic E-state index is 0.885. The van der Waals surface area contributed by atoms with Gasteiger partial charge in [-0.3, -0.25) is 9.55 Å². The minimum absolute atomic E-state index is 0.885. The fourth-order valence-corrected chi connectivity index (χ4v) is 10.7. The maximum Gasteiger partial charge on any atom is 0.138 e. The van der Waals surface area contributed by atoms with Crippen LogP contribution in [0.1, 0.15) is 0 Å². The molecular weight excluding hydrogens is 839 g/mol. The summed E-state index contributed by atoms with van der Waals surface area (Å²) in [4.78, 5) is 10.3. The molecule has 0 atom stereocenters. The molecule has 0 spiro atoms. The van der Waals surface area contributed by atoms with Crippen LogP contribution in [0.25, 0.3) is 127 Å². The fourth-order valence-electron chi connectivity index (χ4n) is 10.7. The molecule has 0 fully saturated rings. The molecule has 0 amide bonds. The summed E-state index contributed by atoms with van der Waals surface area (Å²) < 4.78 is 7.06. The zero-order valence-electron chi connectivity index (χ0n) is 37.4. The number of fused-ring (bicyclic) bond motifs is 9. The Morgan fingerprint density at radius 1 is 0.261 bits per heavy atom. The van der Waals surface area contributed by atoms with Gasteiger partial charge < -0.3 is 9.13 Å². The van der Waals surface area contributed by atoms with Crippen molar-refractivity contribution in [2.75, 3.05) is 0 Å². The number of rotatable bonds is 7. The third kappa shape index (κ3) is 6.32. The number of benzene rings is 9. The maximum atomic E-state index is 5.39. The van der Waals surface area contributed by atoms with E-state index in [2.05, 4.69) is 250 Å². The van der Waals surface area contributed by atoms with Crippen molar-refractivity contribution in [3.05, 3.63) is 249 Å². The Kier molecular flexibility index (Phi) is 8.83. The molecule has 0 radical (unpaired) electrons. The van der Waals surface area contributed by atoms with E-state index in [4.69, 9.17) is 9.97 Å². The van der Waals surface area contributed by atoms with Crippen LogP contribution in [0.15, 0.2) is 249 Å². The zero-order valence-corrected chi connectivity index (χ0v) is 37.4. The van der Waals surface area contributed by atoms with Crippen LogP contribution in [-0.2, 0) is 0 Å². The fraction of sp³-hybridized carbons (Fsp3) is 0. The quantitative estimate of drug-likeness (QED) is 0.160. The Hall–Kier alpha value is -9.32. The standard InChI is InChI=1S/C64H41N5/c1-4-16-42(17-5-1)48-38-56(43-18-6-2-7-19-43)66-63(40-48)69-58-27-13-10-24-51(58)53-32-29-47(39-62(53)69)45-21-14-20-44(36-45)46-30-33-59-54(37-46)52-25-11-12-26-57(52)68(59)50-31-34-60-55(41-50)64-61(28-15-35-65-64)67(60)49-22-8-3-9-23-49/h1-41H. The van der Waals surface area contributed by atoms with Crippen molar-refractivity contribution < 1.29 is 0 Å². The molecule has 0 saturated heterocycles. The summed E-state index contributed by atoms with van der Waals surface area (Å²) in [5.41, 5.74) is 18.9. The predicted molar refractivity (Wildman–Crippen MR) is 287 cm³/mol. The van der Waals surface area contributed by atoms with Gasteiger partial charge in [-0.15, -0.1) is 0 Å². The average Bonchev–Trinajstić information content (AvgIpc) is 4.06. The largest absolute Gasteiger partial charge is 0.309 e. The van der Waals surface area contributed by atoms with E-state index in [9.17, 15) is 0 Å². The molecule has 0 N–H and O–H groups in total. The Labute approximate surface area is 398 Å². The van der Waals surface area contributed by atoms with Crippen LogP contribution in [0.4, 0.5) is 0 Å². The highest BCUT2D eigenvalue weighted by molar-refractivity contribution is 6.13. The third-order valence-electron chi connectivity index (χ3n) is 13.9. The average molecular weight is 880 g/mol. The third-order valence-corrected chi connectivity index (χ3v) is 13.9. The van der Waals surface area contributed by atoms with Crippen molar-refractivity contribution in [2.24, 2.45) is 0 Å². The van der Waals surface area contributed by atoms with Gasteiger partial charge in [-0.25, -0.2) is 4.98 Å². The van der Waals surface area contributed by atoms with Crippen molar-refractivity contribution in [3.8, 4) is 61.8 Å². The van der Waals surface area contributed by atoms with Gasteiger partial charge >= 0.3 is 0 Å². The molecule has 5 heteroatoms. The number of pyridine rings is 2. The van der Waals surface area contributed by atoms with Gasteiger partial charge in [-0.1, -0.05) is 152 Å². The molecule has 0 aliphatic carbocycles. The first kappa shape index (κ1) is 38.9. The first-order chi connectivity index (χ1) is 34.2. The summed E-state index contributed by atoms with van der Waals surface area (Å²) in [6, 6.07) is 87.3. The first-order valence-corrected chi connectivity index (χ1v) is 23.5. The SMILES string of the molecule is c1ccc(-c2cc(-c3ccccc3)nc(-n3c4ccccc4c4ccc(-c5cccc(-c6ccc7c(c6)c6ccccc6n7-c6ccc7c(c6)c6ncccc6n7-c6ccccc6)c5)cc43)c2)cc1. The van der Waals surface area contributed by atoms with Gasteiger partial charge in [0.15, 0.2) is 0 Å². The lowest BCUT2D eigenvalue weighted by atomic mass is 9.97. The van der Waals surface area contributed by atoms with E-state index in [-0.39, 0.29) is 0 Å². The second-order valence-corrected chi connectivity index (χ2v) is 17.8. The molecule has 5 nitrogen and oxygen atoms in total. The van der Waals surface area contributed by atoms with Crippen LogP contribution < -0.4 is 0 Å². The highest BCUT2D eigenvalue weighted by atomic mass is 15.1. The van der Waals surface area contributed by atoms with Gasteiger partial charge in [0, 0.05) is 50.1 Å². The van der Waals surface area contributed by atoms with Crippen molar-refractivity contribution in [2.45, 2.75) is 0 Å². The second-order valence-electron chi connectivity index (χ2n) is 17.8. The van der Waals surface area contributed by atoms with Gasteiger partial charge in [0.1, 0.15) is 5.82 Å². The monoisotopic (exact) mass is 879 g/mol. The molecule has 322 valence electrons. The highest BCUT2D eigenvalue weighted by Gasteiger charge is 2.20. The van der Waals surface area contributed by atoms with Gasteiger partial charge in [0.05, 0.1) is 44.3 Å². The van der Waals surface area contributed by atoms with Crippen molar-refractivity contribution in [3.63, 3.8) is 0 Å². The molecule has 0 unspecified atom stereocenters. The van der Waals surface area contributed by atoms with Crippen LogP contribution in [-0.4, -0.2) is 23.7 Å². The summed E-state index contributed by atoms with van der Waals surface area (Å²) >= 11 is 0. The molecule has 14 aromatic rings. The van der Waals surface area contributed by atoms with E-state index < -0.39 is 0 Å². The van der Waals surface area contributed by atoms with E-state index in [0.717, 1.165) is 94.8 Å². The number of hydrogen-bond acceptors (Lipinski definition) is 2.